The second-order valence-corrected chi connectivity index (χ2v) is 9.68. The molecule has 4 rings (SSSR count). The van der Waals surface area contributed by atoms with Crippen LogP contribution in [0.1, 0.15) is 56.6 Å². The molecule has 0 bridgehead atoms. The summed E-state index contributed by atoms with van der Waals surface area (Å²) < 4.78 is 28.6. The number of hydrogen-bond acceptors (Lipinski definition) is 6. The average molecular weight is 488 g/mol. The van der Waals surface area contributed by atoms with Gasteiger partial charge in [-0.1, -0.05) is 53.7 Å². The van der Waals surface area contributed by atoms with Crippen LogP contribution in [0.25, 0.3) is 0 Å². The predicted molar refractivity (Wildman–Crippen MR) is 128 cm³/mol. The highest BCUT2D eigenvalue weighted by molar-refractivity contribution is 8.15. The van der Waals surface area contributed by atoms with Crippen LogP contribution < -0.4 is 0 Å². The zero-order valence-corrected chi connectivity index (χ0v) is 19.7. The van der Waals surface area contributed by atoms with E-state index in [9.17, 15) is 18.7 Å². The minimum absolute atomic E-state index is 0.0467. The molecule has 1 aliphatic carbocycles. The summed E-state index contributed by atoms with van der Waals surface area (Å²) >= 11 is 1.14. The smallest absolute Gasteiger partial charge is 0.272 e. The topological polar surface area (TPSA) is 74.5 Å². The average Bonchev–Trinajstić information content (AvgIpc) is 3.24. The molecule has 9 heteroatoms. The summed E-state index contributed by atoms with van der Waals surface area (Å²) in [7, 11) is 0. The molecule has 1 saturated carbocycles. The van der Waals surface area contributed by atoms with Crippen LogP contribution in [0, 0.1) is 11.6 Å². The molecule has 180 valence electrons. The number of oxime groups is 1. The summed E-state index contributed by atoms with van der Waals surface area (Å²) in [5.74, 6) is -1.92. The maximum Gasteiger partial charge on any atom is 0.272 e. The normalized spacial score (nSPS) is 21.2. The molecule has 2 aliphatic rings. The summed E-state index contributed by atoms with van der Waals surface area (Å²) in [6, 6.07) is 12.3. The van der Waals surface area contributed by atoms with Crippen molar-refractivity contribution >= 4 is 28.4 Å². The van der Waals surface area contributed by atoms with Crippen LogP contribution in [0.5, 0.6) is 0 Å². The highest BCUT2D eigenvalue weighted by Crippen LogP contribution is 2.50. The molecule has 1 fully saturated rings. The Morgan fingerprint density at radius 2 is 1.94 bits per heavy atom. The number of thioether (sulfide) groups is 1. The molecule has 1 amide bonds. The summed E-state index contributed by atoms with van der Waals surface area (Å²) in [5.41, 5.74) is 1.70. The molecular formula is C25H27F2N3O3S. The first kappa shape index (κ1) is 24.3. The molecule has 2 aromatic rings. The first-order chi connectivity index (χ1) is 16.4. The molecule has 2 aromatic carbocycles. The van der Waals surface area contributed by atoms with E-state index in [4.69, 9.17) is 4.84 Å². The van der Waals surface area contributed by atoms with E-state index in [0.29, 0.717) is 0 Å². The fourth-order valence-electron chi connectivity index (χ4n) is 4.12. The molecular weight excluding hydrogens is 460 g/mol. The molecule has 1 heterocycles. The molecule has 1 aliphatic heterocycles. The molecule has 1 N–H and O–H groups in total. The third-order valence-electron chi connectivity index (χ3n) is 5.90. The van der Waals surface area contributed by atoms with Gasteiger partial charge in [0.1, 0.15) is 34.3 Å². The number of carbonyl (C=O) groups is 1. The molecule has 6 nitrogen and oxygen atoms in total. The number of hydrazone groups is 1. The van der Waals surface area contributed by atoms with E-state index in [1.54, 1.807) is 0 Å². The van der Waals surface area contributed by atoms with Crippen molar-refractivity contribution in [3.05, 3.63) is 71.3 Å². The maximum atomic E-state index is 14.6. The van der Waals surface area contributed by atoms with Gasteiger partial charge in [-0.05, 0) is 56.4 Å². The molecule has 34 heavy (non-hydrogen) atoms. The lowest BCUT2D eigenvalue weighted by atomic mass is 9.99. The third kappa shape index (κ3) is 5.15. The van der Waals surface area contributed by atoms with E-state index in [1.807, 2.05) is 30.3 Å². The van der Waals surface area contributed by atoms with Gasteiger partial charge in [0.2, 0.25) is 0 Å². The van der Waals surface area contributed by atoms with Gasteiger partial charge >= 0.3 is 0 Å². The predicted octanol–water partition coefficient (Wildman–Crippen LogP) is 5.16. The molecule has 2 atom stereocenters. The molecule has 0 spiro atoms. The van der Waals surface area contributed by atoms with Gasteiger partial charge in [0.05, 0.1) is 5.71 Å². The van der Waals surface area contributed by atoms with Gasteiger partial charge in [-0.3, -0.25) is 4.79 Å². The SMILES string of the molecule is C[C@H](O)C(=O)N1N=C(c2cc(F)ccc2F)SC1(CCON=C1CCCCC1)c1ccccc1. The standard InChI is InChI=1S/C25H27F2N3O3S/c1-17(31)24(32)30-25(18-8-4-2-5-9-18,14-15-33-29-20-10-6-3-7-11-20)34-23(28-30)21-16-19(26)12-13-22(21)27/h2,4-5,8-9,12-13,16-17,31H,3,6-7,10-11,14-15H2,1H3/t17-,25?/m0/s1. The Morgan fingerprint density at radius 1 is 1.21 bits per heavy atom. The van der Waals surface area contributed by atoms with E-state index in [-0.39, 0.29) is 23.6 Å². The van der Waals surface area contributed by atoms with Gasteiger partial charge in [0.25, 0.3) is 5.91 Å². The van der Waals surface area contributed by atoms with Crippen molar-refractivity contribution < 1.29 is 23.5 Å². The second-order valence-electron chi connectivity index (χ2n) is 8.41. The number of amides is 1. The zero-order chi connectivity index (χ0) is 24.1. The molecule has 0 aromatic heterocycles. The lowest BCUT2D eigenvalue weighted by Crippen LogP contribution is -2.45. The van der Waals surface area contributed by atoms with E-state index in [1.165, 1.54) is 18.4 Å². The lowest BCUT2D eigenvalue weighted by Gasteiger charge is -2.36. The van der Waals surface area contributed by atoms with Gasteiger partial charge in [0.15, 0.2) is 0 Å². The summed E-state index contributed by atoms with van der Waals surface area (Å²) in [6.45, 7) is 1.52. The van der Waals surface area contributed by atoms with Gasteiger partial charge in [-0.25, -0.2) is 13.8 Å². The van der Waals surface area contributed by atoms with Crippen LogP contribution in [0.15, 0.2) is 58.8 Å². The number of benzene rings is 2. The van der Waals surface area contributed by atoms with Crippen molar-refractivity contribution in [2.24, 2.45) is 10.3 Å². The van der Waals surface area contributed by atoms with Gasteiger partial charge in [0, 0.05) is 12.0 Å². The van der Waals surface area contributed by atoms with Gasteiger partial charge in [-0.2, -0.15) is 5.10 Å². The van der Waals surface area contributed by atoms with Gasteiger partial charge < -0.3 is 9.94 Å². The monoisotopic (exact) mass is 487 g/mol. The first-order valence-electron chi connectivity index (χ1n) is 11.4. The fourth-order valence-corrected chi connectivity index (χ4v) is 5.49. The second kappa shape index (κ2) is 10.7. The third-order valence-corrected chi connectivity index (χ3v) is 7.35. The zero-order valence-electron chi connectivity index (χ0n) is 18.9. The Labute approximate surface area is 201 Å². The van der Waals surface area contributed by atoms with Crippen LogP contribution in [-0.4, -0.2) is 39.5 Å². The Balaban J connectivity index is 1.69. The van der Waals surface area contributed by atoms with Crippen molar-refractivity contribution in [2.75, 3.05) is 6.61 Å². The van der Waals surface area contributed by atoms with Crippen molar-refractivity contribution in [3.8, 4) is 0 Å². The van der Waals surface area contributed by atoms with Crippen molar-refractivity contribution in [1.82, 2.24) is 5.01 Å². The first-order valence-corrected chi connectivity index (χ1v) is 12.2. The lowest BCUT2D eigenvalue weighted by molar-refractivity contribution is -0.143. The van der Waals surface area contributed by atoms with E-state index in [0.717, 1.165) is 66.9 Å². The van der Waals surface area contributed by atoms with Crippen LogP contribution >= 0.6 is 11.8 Å². The minimum Gasteiger partial charge on any atom is -0.396 e. The molecule has 0 saturated heterocycles. The number of aliphatic hydroxyl groups is 1. The van der Waals surface area contributed by atoms with E-state index < -0.39 is 28.5 Å². The Morgan fingerprint density at radius 3 is 2.65 bits per heavy atom. The number of rotatable bonds is 7. The summed E-state index contributed by atoms with van der Waals surface area (Å²) in [4.78, 5) is 17.6. The highest BCUT2D eigenvalue weighted by Gasteiger charge is 2.49. The van der Waals surface area contributed by atoms with Crippen molar-refractivity contribution in [3.63, 3.8) is 0 Å². The quantitative estimate of drug-likeness (QED) is 0.432. The number of halogens is 2. The van der Waals surface area contributed by atoms with Crippen molar-refractivity contribution in [1.29, 1.82) is 0 Å². The fraction of sp³-hybridized carbons (Fsp3) is 0.400. The van der Waals surface area contributed by atoms with Crippen LogP contribution in [0.4, 0.5) is 8.78 Å². The molecule has 1 unspecified atom stereocenters. The maximum absolute atomic E-state index is 14.6. The molecule has 0 radical (unpaired) electrons. The Hall–Kier alpha value is -2.78. The van der Waals surface area contributed by atoms with Crippen LogP contribution in [0.3, 0.4) is 0 Å². The minimum atomic E-state index is -1.34. The number of carbonyl (C=O) groups excluding carboxylic acids is 1. The largest absolute Gasteiger partial charge is 0.396 e. The summed E-state index contributed by atoms with van der Waals surface area (Å²) in [6.07, 6.45) is 4.14. The van der Waals surface area contributed by atoms with Gasteiger partial charge in [-0.15, -0.1) is 0 Å². The highest BCUT2D eigenvalue weighted by atomic mass is 32.2. The van der Waals surface area contributed by atoms with Crippen molar-refractivity contribution in [2.45, 2.75) is 56.4 Å². The number of nitrogens with zero attached hydrogens (tertiary/aromatic N) is 3. The number of hydrogen-bond donors (Lipinski definition) is 1. The van der Waals surface area contributed by atoms with E-state index in [2.05, 4.69) is 10.3 Å². The van der Waals surface area contributed by atoms with E-state index >= 15 is 0 Å². The van der Waals surface area contributed by atoms with Crippen LogP contribution in [-0.2, 0) is 14.5 Å². The Kier molecular flexibility index (Phi) is 7.63. The Bertz CT molecular complexity index is 1090. The number of aliphatic hydroxyl groups excluding tert-OH is 1. The van der Waals surface area contributed by atoms with Crippen LogP contribution in [0.2, 0.25) is 0 Å². The summed E-state index contributed by atoms with van der Waals surface area (Å²) in [5, 5.41) is 20.1.